The van der Waals surface area contributed by atoms with Crippen LogP contribution in [0.4, 0.5) is 5.95 Å². The molecule has 0 saturated carbocycles. The number of carbonyl (C=O) groups excluding carboxylic acids is 2. The molecular weight excluding hydrogens is 426 g/mol. The molecule has 8 heteroatoms. The molecule has 0 bridgehead atoms. The molecule has 1 aromatic heterocycles. The van der Waals surface area contributed by atoms with E-state index < -0.39 is 0 Å². The van der Waals surface area contributed by atoms with Crippen LogP contribution in [0.3, 0.4) is 0 Å². The van der Waals surface area contributed by atoms with Crippen LogP contribution in [0.2, 0.25) is 5.02 Å². The molecule has 1 aromatic carbocycles. The van der Waals surface area contributed by atoms with E-state index in [1.165, 1.54) is 6.20 Å². The molecule has 32 heavy (non-hydrogen) atoms. The van der Waals surface area contributed by atoms with E-state index in [1.807, 2.05) is 42.2 Å². The summed E-state index contributed by atoms with van der Waals surface area (Å²) in [6.07, 6.45) is 5.91. The van der Waals surface area contributed by atoms with E-state index in [2.05, 4.69) is 20.2 Å². The molecule has 1 N–H and O–H groups in total. The molecule has 2 fully saturated rings. The van der Waals surface area contributed by atoms with Crippen molar-refractivity contribution < 1.29 is 9.59 Å². The van der Waals surface area contributed by atoms with Gasteiger partial charge in [-0.1, -0.05) is 48.9 Å². The number of anilines is 1. The van der Waals surface area contributed by atoms with Crippen LogP contribution in [-0.4, -0.2) is 58.9 Å². The third-order valence-electron chi connectivity index (χ3n) is 6.39. The summed E-state index contributed by atoms with van der Waals surface area (Å²) in [6.45, 7) is 5.10. The Hall–Kier alpha value is -2.67. The Balaban J connectivity index is 1.34. The summed E-state index contributed by atoms with van der Waals surface area (Å²) in [5.74, 6) is 0.325. The van der Waals surface area contributed by atoms with Gasteiger partial charge in [0.25, 0.3) is 5.91 Å². The van der Waals surface area contributed by atoms with E-state index in [0.717, 1.165) is 37.9 Å². The average Bonchev–Trinajstić information content (AvgIpc) is 3.36. The highest BCUT2D eigenvalue weighted by Crippen LogP contribution is 2.25. The van der Waals surface area contributed by atoms with Crippen LogP contribution in [0.1, 0.15) is 61.0 Å². The lowest BCUT2D eigenvalue weighted by molar-refractivity contribution is -0.134. The normalized spacial score (nSPS) is 17.9. The minimum absolute atomic E-state index is 0.00961. The highest BCUT2D eigenvalue weighted by Gasteiger charge is 2.29. The quantitative estimate of drug-likeness (QED) is 0.719. The van der Waals surface area contributed by atoms with Crippen molar-refractivity contribution in [2.75, 3.05) is 31.1 Å². The molecule has 0 radical (unpaired) electrons. The monoisotopic (exact) mass is 455 g/mol. The van der Waals surface area contributed by atoms with Crippen molar-refractivity contribution in [3.05, 3.63) is 52.8 Å². The van der Waals surface area contributed by atoms with Gasteiger partial charge in [-0.05, 0) is 37.7 Å². The van der Waals surface area contributed by atoms with E-state index in [1.54, 1.807) is 0 Å². The molecule has 2 amide bonds. The highest BCUT2D eigenvalue weighted by atomic mass is 35.5. The Morgan fingerprint density at radius 1 is 1.12 bits per heavy atom. The fraction of sp³-hybridized carbons (Fsp3) is 0.500. The van der Waals surface area contributed by atoms with Crippen LogP contribution in [0.15, 0.2) is 36.5 Å². The number of nitrogens with zero attached hydrogens (tertiary/aromatic N) is 4. The highest BCUT2D eigenvalue weighted by molar-refractivity contribution is 6.33. The maximum atomic E-state index is 13.1. The molecule has 3 heterocycles. The van der Waals surface area contributed by atoms with Crippen LogP contribution < -0.4 is 10.2 Å². The van der Waals surface area contributed by atoms with Crippen molar-refractivity contribution in [3.63, 3.8) is 0 Å². The smallest absolute Gasteiger partial charge is 0.271 e. The Morgan fingerprint density at radius 2 is 1.81 bits per heavy atom. The van der Waals surface area contributed by atoms with Crippen molar-refractivity contribution in [1.29, 1.82) is 0 Å². The summed E-state index contributed by atoms with van der Waals surface area (Å²) in [4.78, 5) is 38.7. The first-order chi connectivity index (χ1) is 15.6. The van der Waals surface area contributed by atoms with Crippen molar-refractivity contribution >= 4 is 29.4 Å². The third kappa shape index (κ3) is 5.04. The van der Waals surface area contributed by atoms with E-state index in [0.29, 0.717) is 31.9 Å². The number of rotatable bonds is 6. The lowest BCUT2D eigenvalue weighted by Gasteiger charge is -2.34. The summed E-state index contributed by atoms with van der Waals surface area (Å²) in [5.41, 5.74) is 1.28. The minimum atomic E-state index is -0.279. The van der Waals surface area contributed by atoms with Crippen molar-refractivity contribution in [2.24, 2.45) is 0 Å². The predicted octanol–water partition coefficient (Wildman–Crippen LogP) is 3.64. The molecule has 7 nitrogen and oxygen atoms in total. The summed E-state index contributed by atoms with van der Waals surface area (Å²) < 4.78 is 0. The number of carbonyl (C=O) groups is 2. The average molecular weight is 456 g/mol. The number of benzene rings is 1. The third-order valence-corrected chi connectivity index (χ3v) is 6.66. The summed E-state index contributed by atoms with van der Waals surface area (Å²) in [6, 6.07) is 9.93. The molecule has 0 aliphatic carbocycles. The number of amides is 2. The molecule has 1 unspecified atom stereocenters. The maximum Gasteiger partial charge on any atom is 0.271 e. The fourth-order valence-electron chi connectivity index (χ4n) is 4.54. The van der Waals surface area contributed by atoms with Gasteiger partial charge in [-0.3, -0.25) is 9.59 Å². The predicted molar refractivity (Wildman–Crippen MR) is 125 cm³/mol. The van der Waals surface area contributed by atoms with Gasteiger partial charge in [0.15, 0.2) is 5.69 Å². The number of likely N-dealkylation sites (tertiary alicyclic amines) is 1. The van der Waals surface area contributed by atoms with Crippen LogP contribution in [0.25, 0.3) is 0 Å². The minimum Gasteiger partial charge on any atom is -0.348 e. The van der Waals surface area contributed by atoms with Crippen LogP contribution in [0, 0.1) is 0 Å². The Bertz CT molecular complexity index is 941. The summed E-state index contributed by atoms with van der Waals surface area (Å²) in [7, 11) is 0. The lowest BCUT2D eigenvalue weighted by atomic mass is 9.93. The number of nitrogens with one attached hydrogen (secondary N) is 1. The van der Waals surface area contributed by atoms with Gasteiger partial charge in [0, 0.05) is 32.2 Å². The molecule has 2 saturated heterocycles. The second-order valence-electron chi connectivity index (χ2n) is 8.51. The van der Waals surface area contributed by atoms with Gasteiger partial charge in [-0.2, -0.15) is 0 Å². The Kier molecular flexibility index (Phi) is 7.25. The fourth-order valence-corrected chi connectivity index (χ4v) is 4.72. The van der Waals surface area contributed by atoms with Crippen LogP contribution in [0.5, 0.6) is 0 Å². The van der Waals surface area contributed by atoms with Crippen LogP contribution in [-0.2, 0) is 4.79 Å². The molecule has 170 valence electrons. The van der Waals surface area contributed by atoms with E-state index in [9.17, 15) is 9.59 Å². The van der Waals surface area contributed by atoms with Crippen molar-refractivity contribution in [3.8, 4) is 0 Å². The van der Waals surface area contributed by atoms with Crippen LogP contribution >= 0.6 is 11.6 Å². The molecule has 2 aliphatic heterocycles. The lowest BCUT2D eigenvalue weighted by Crippen LogP contribution is -2.47. The Labute approximate surface area is 194 Å². The molecule has 1 atom stereocenters. The number of hydrogen-bond donors (Lipinski definition) is 1. The number of halogens is 1. The second kappa shape index (κ2) is 10.3. The van der Waals surface area contributed by atoms with Gasteiger partial charge < -0.3 is 15.1 Å². The second-order valence-corrected chi connectivity index (χ2v) is 8.91. The largest absolute Gasteiger partial charge is 0.348 e. The van der Waals surface area contributed by atoms with Gasteiger partial charge >= 0.3 is 0 Å². The molecule has 0 spiro atoms. The zero-order valence-corrected chi connectivity index (χ0v) is 19.2. The standard InChI is InChI=1S/C24H30ClN5O2/c1-2-19(17-8-4-3-5-9-17)23(32)29-14-10-18(11-15-29)27-22(31)21-20(25)16-26-24(28-21)30-12-6-7-13-30/h3-5,8-9,16,18-19H,2,6-7,10-15H2,1H3,(H,27,31). The van der Waals surface area contributed by atoms with E-state index in [4.69, 9.17) is 11.6 Å². The Morgan fingerprint density at radius 3 is 2.47 bits per heavy atom. The maximum absolute atomic E-state index is 13.1. The van der Waals surface area contributed by atoms with Crippen molar-refractivity contribution in [1.82, 2.24) is 20.2 Å². The first-order valence-corrected chi connectivity index (χ1v) is 11.9. The first-order valence-electron chi connectivity index (χ1n) is 11.5. The topological polar surface area (TPSA) is 78.4 Å². The number of aromatic nitrogens is 2. The number of hydrogen-bond acceptors (Lipinski definition) is 5. The van der Waals surface area contributed by atoms with Gasteiger partial charge in [0.1, 0.15) is 0 Å². The van der Waals surface area contributed by atoms with Gasteiger partial charge in [0.2, 0.25) is 11.9 Å². The van der Waals surface area contributed by atoms with Gasteiger partial charge in [0.05, 0.1) is 17.1 Å². The first kappa shape index (κ1) is 22.5. The van der Waals surface area contributed by atoms with Crippen molar-refractivity contribution in [2.45, 2.75) is 51.0 Å². The van der Waals surface area contributed by atoms with E-state index in [-0.39, 0.29) is 34.5 Å². The molecule has 2 aliphatic rings. The zero-order valence-electron chi connectivity index (χ0n) is 18.5. The SMILES string of the molecule is CCC(C(=O)N1CCC(NC(=O)c2nc(N3CCCC3)ncc2Cl)CC1)c1ccccc1. The molecule has 4 rings (SSSR count). The summed E-state index contributed by atoms with van der Waals surface area (Å²) >= 11 is 6.23. The van der Waals surface area contributed by atoms with Gasteiger partial charge in [-0.25, -0.2) is 9.97 Å². The van der Waals surface area contributed by atoms with E-state index >= 15 is 0 Å². The molecular formula is C24H30ClN5O2. The number of piperidine rings is 1. The van der Waals surface area contributed by atoms with Gasteiger partial charge in [-0.15, -0.1) is 0 Å². The summed E-state index contributed by atoms with van der Waals surface area (Å²) in [5, 5.41) is 3.31. The molecule has 2 aromatic rings. The zero-order chi connectivity index (χ0) is 22.5.